The summed E-state index contributed by atoms with van der Waals surface area (Å²) >= 11 is 0. The molecule has 160 valence electrons. The Hall–Kier alpha value is -4.56. The Kier molecular flexibility index (Phi) is 5.17. The maximum atomic E-state index is 4.69. The zero-order valence-corrected chi connectivity index (χ0v) is 18.6. The summed E-state index contributed by atoms with van der Waals surface area (Å²) in [6.07, 6.45) is 8.09. The van der Waals surface area contributed by atoms with E-state index >= 15 is 0 Å². The average Bonchev–Trinajstić information content (AvgIpc) is 2.92. The van der Waals surface area contributed by atoms with Crippen molar-refractivity contribution in [2.75, 3.05) is 0 Å². The van der Waals surface area contributed by atoms with Crippen LogP contribution in [-0.4, -0.2) is 9.97 Å². The smallest absolute Gasteiger partial charge is 0.0780 e. The molecule has 0 N–H and O–H groups in total. The van der Waals surface area contributed by atoms with Crippen LogP contribution >= 0.6 is 0 Å². The molecule has 0 aliphatic carbocycles. The second-order valence-electron chi connectivity index (χ2n) is 8.31. The second-order valence-corrected chi connectivity index (χ2v) is 8.31. The van der Waals surface area contributed by atoms with Crippen molar-refractivity contribution in [1.29, 1.82) is 0 Å². The van der Waals surface area contributed by atoms with Crippen LogP contribution in [0.2, 0.25) is 0 Å². The lowest BCUT2D eigenvalue weighted by Crippen LogP contribution is -1.89. The molecule has 0 unspecified atom stereocenters. The van der Waals surface area contributed by atoms with Gasteiger partial charge >= 0.3 is 0 Å². The molecule has 2 heteroatoms. The largest absolute Gasteiger partial charge is 0.256 e. The van der Waals surface area contributed by atoms with Gasteiger partial charge in [0.2, 0.25) is 0 Å². The predicted molar refractivity (Wildman–Crippen MR) is 143 cm³/mol. The minimum atomic E-state index is 0.979. The van der Waals surface area contributed by atoms with Crippen LogP contribution in [0, 0.1) is 0 Å². The first kappa shape index (κ1) is 20.1. The van der Waals surface area contributed by atoms with Crippen molar-refractivity contribution >= 4 is 33.7 Å². The van der Waals surface area contributed by atoms with E-state index in [1.807, 2.05) is 24.5 Å². The van der Waals surface area contributed by atoms with Gasteiger partial charge in [-0.05, 0) is 51.6 Å². The molecule has 4 aromatic carbocycles. The summed E-state index contributed by atoms with van der Waals surface area (Å²) in [5.74, 6) is 0. The van der Waals surface area contributed by atoms with E-state index in [1.165, 1.54) is 16.2 Å². The van der Waals surface area contributed by atoms with Gasteiger partial charge in [-0.3, -0.25) is 9.97 Å². The molecule has 2 nitrogen and oxygen atoms in total. The first-order valence-corrected chi connectivity index (χ1v) is 11.4. The molecule has 0 fully saturated rings. The highest BCUT2D eigenvalue weighted by atomic mass is 14.7. The van der Waals surface area contributed by atoms with E-state index in [1.54, 1.807) is 0 Å². The van der Waals surface area contributed by atoms with Crippen LogP contribution in [0.3, 0.4) is 0 Å². The van der Waals surface area contributed by atoms with Crippen LogP contribution in [0.4, 0.5) is 0 Å². The van der Waals surface area contributed by atoms with Gasteiger partial charge in [0.1, 0.15) is 0 Å². The Bertz CT molecular complexity index is 1640. The highest BCUT2D eigenvalue weighted by molar-refractivity contribution is 6.01. The third-order valence-electron chi connectivity index (χ3n) is 6.17. The molecule has 34 heavy (non-hydrogen) atoms. The van der Waals surface area contributed by atoms with Crippen molar-refractivity contribution in [3.63, 3.8) is 0 Å². The summed E-state index contributed by atoms with van der Waals surface area (Å²) in [5, 5.41) is 4.78. The maximum absolute atomic E-state index is 4.69. The minimum Gasteiger partial charge on any atom is -0.256 e. The molecule has 2 heterocycles. The fourth-order valence-electron chi connectivity index (χ4n) is 4.55. The molecule has 6 aromatic rings. The van der Waals surface area contributed by atoms with Gasteiger partial charge in [0.25, 0.3) is 0 Å². The van der Waals surface area contributed by atoms with Crippen molar-refractivity contribution in [2.45, 2.75) is 0 Å². The molecule has 0 radical (unpaired) electrons. The lowest BCUT2D eigenvalue weighted by Gasteiger charge is -2.11. The summed E-state index contributed by atoms with van der Waals surface area (Å²) < 4.78 is 0. The Labute approximate surface area is 198 Å². The summed E-state index contributed by atoms with van der Waals surface area (Å²) in [6.45, 7) is 0. The summed E-state index contributed by atoms with van der Waals surface area (Å²) in [6, 6.07) is 37.9. The number of benzene rings is 4. The van der Waals surface area contributed by atoms with Gasteiger partial charge in [0, 0.05) is 28.9 Å². The number of nitrogens with zero attached hydrogens (tertiary/aromatic N) is 2. The van der Waals surface area contributed by atoms with E-state index in [2.05, 4.69) is 114 Å². The van der Waals surface area contributed by atoms with Crippen LogP contribution in [0.25, 0.3) is 56.2 Å². The van der Waals surface area contributed by atoms with Gasteiger partial charge in [-0.15, -0.1) is 0 Å². The van der Waals surface area contributed by atoms with E-state index in [0.29, 0.717) is 0 Å². The van der Waals surface area contributed by atoms with Gasteiger partial charge in [-0.25, -0.2) is 0 Å². The molecule has 2 aromatic heterocycles. The Morgan fingerprint density at radius 3 is 2.18 bits per heavy atom. The number of hydrogen-bond donors (Lipinski definition) is 0. The van der Waals surface area contributed by atoms with Gasteiger partial charge in [-0.1, -0.05) is 97.1 Å². The Morgan fingerprint density at radius 1 is 0.529 bits per heavy atom. The molecular formula is C32H22N2. The highest BCUT2D eigenvalue weighted by Crippen LogP contribution is 2.33. The molecule has 0 atom stereocenters. The van der Waals surface area contributed by atoms with Crippen LogP contribution in [-0.2, 0) is 0 Å². The normalized spacial score (nSPS) is 11.4. The minimum absolute atomic E-state index is 0.979. The highest BCUT2D eigenvalue weighted by Gasteiger charge is 2.10. The van der Waals surface area contributed by atoms with Crippen LogP contribution in [0.15, 0.2) is 122 Å². The molecule has 0 spiro atoms. The molecule has 0 aliphatic rings. The molecule has 0 aliphatic heterocycles. The molecule has 0 saturated carbocycles. The van der Waals surface area contributed by atoms with Crippen LogP contribution in [0.5, 0.6) is 0 Å². The number of hydrogen-bond acceptors (Lipinski definition) is 2. The van der Waals surface area contributed by atoms with E-state index in [-0.39, 0.29) is 0 Å². The monoisotopic (exact) mass is 434 g/mol. The second kappa shape index (κ2) is 8.76. The first-order valence-electron chi connectivity index (χ1n) is 11.4. The molecule has 0 bridgehead atoms. The van der Waals surface area contributed by atoms with Gasteiger partial charge in [0.05, 0.1) is 11.4 Å². The van der Waals surface area contributed by atoms with Gasteiger partial charge in [0.15, 0.2) is 0 Å². The standard InChI is InChI=1S/C32H22N2/c1-3-12-28-24(9-1)17-18-26(31(28)30-14-5-6-20-33-30)16-15-23-8-7-11-27(22-23)32-29-13-4-2-10-25(29)19-21-34-32/h1-22H. The SMILES string of the molecule is C(=Cc1ccc2ccccc2c1-c1ccccn1)c1cccc(-c2nccc3ccccc23)c1. The molecule has 0 saturated heterocycles. The van der Waals surface area contributed by atoms with Crippen molar-refractivity contribution < 1.29 is 0 Å². The van der Waals surface area contributed by atoms with Crippen LogP contribution in [0.1, 0.15) is 11.1 Å². The lowest BCUT2D eigenvalue weighted by atomic mass is 9.95. The fourth-order valence-corrected chi connectivity index (χ4v) is 4.55. The third kappa shape index (κ3) is 3.76. The van der Waals surface area contributed by atoms with Crippen molar-refractivity contribution in [3.05, 3.63) is 133 Å². The summed E-state index contributed by atoms with van der Waals surface area (Å²) in [4.78, 5) is 9.35. The average molecular weight is 435 g/mol. The summed E-state index contributed by atoms with van der Waals surface area (Å²) in [7, 11) is 0. The maximum Gasteiger partial charge on any atom is 0.0780 e. The van der Waals surface area contributed by atoms with Crippen molar-refractivity contribution in [2.24, 2.45) is 0 Å². The predicted octanol–water partition coefficient (Wildman–Crippen LogP) is 8.29. The van der Waals surface area contributed by atoms with E-state index in [4.69, 9.17) is 4.98 Å². The summed E-state index contributed by atoms with van der Waals surface area (Å²) in [5.41, 5.74) is 6.53. The Morgan fingerprint density at radius 2 is 1.32 bits per heavy atom. The van der Waals surface area contributed by atoms with Crippen molar-refractivity contribution in [3.8, 4) is 22.5 Å². The molecule has 6 rings (SSSR count). The van der Waals surface area contributed by atoms with E-state index in [0.717, 1.165) is 39.0 Å². The van der Waals surface area contributed by atoms with Crippen molar-refractivity contribution in [1.82, 2.24) is 9.97 Å². The lowest BCUT2D eigenvalue weighted by molar-refractivity contribution is 1.33. The molecule has 0 amide bonds. The number of aromatic nitrogens is 2. The number of pyridine rings is 2. The quantitative estimate of drug-likeness (QED) is 0.261. The first-order chi connectivity index (χ1) is 16.9. The third-order valence-corrected chi connectivity index (χ3v) is 6.17. The number of rotatable bonds is 4. The Balaban J connectivity index is 1.44. The van der Waals surface area contributed by atoms with E-state index < -0.39 is 0 Å². The zero-order chi connectivity index (χ0) is 22.7. The van der Waals surface area contributed by atoms with Gasteiger partial charge in [-0.2, -0.15) is 0 Å². The molecular weight excluding hydrogens is 412 g/mol. The number of fused-ring (bicyclic) bond motifs is 2. The van der Waals surface area contributed by atoms with Gasteiger partial charge < -0.3 is 0 Å². The van der Waals surface area contributed by atoms with Crippen LogP contribution < -0.4 is 0 Å². The fraction of sp³-hybridized carbons (Fsp3) is 0. The van der Waals surface area contributed by atoms with E-state index in [9.17, 15) is 0 Å². The topological polar surface area (TPSA) is 25.8 Å². The zero-order valence-electron chi connectivity index (χ0n) is 18.6.